The van der Waals surface area contributed by atoms with Crippen LogP contribution in [-0.4, -0.2) is 10.1 Å². The standard InChI is InChI=1S/C14H15NO2S/c1-8-3-4-12-10(5-8)11(16)6-13(17-12)14-15-9(2)7-18-14/h3-5,7,11,13,16H,6H2,1-2H3/t11-,13?/m0/s1. The second-order valence-corrected chi connectivity index (χ2v) is 5.62. The summed E-state index contributed by atoms with van der Waals surface area (Å²) in [5.74, 6) is 0.775. The minimum Gasteiger partial charge on any atom is -0.483 e. The Bertz CT molecular complexity index is 579. The van der Waals surface area contributed by atoms with Crippen molar-refractivity contribution in [3.63, 3.8) is 0 Å². The molecule has 0 saturated carbocycles. The van der Waals surface area contributed by atoms with E-state index in [-0.39, 0.29) is 6.10 Å². The Morgan fingerprint density at radius 1 is 1.39 bits per heavy atom. The maximum absolute atomic E-state index is 10.2. The van der Waals surface area contributed by atoms with Crippen LogP contribution in [0.4, 0.5) is 0 Å². The molecule has 4 heteroatoms. The summed E-state index contributed by atoms with van der Waals surface area (Å²) in [6, 6.07) is 5.92. The largest absolute Gasteiger partial charge is 0.483 e. The molecule has 1 aliphatic rings. The molecule has 2 aromatic rings. The first-order valence-corrected chi connectivity index (χ1v) is 6.89. The zero-order chi connectivity index (χ0) is 12.7. The van der Waals surface area contributed by atoms with E-state index < -0.39 is 6.10 Å². The van der Waals surface area contributed by atoms with Gasteiger partial charge >= 0.3 is 0 Å². The van der Waals surface area contributed by atoms with Gasteiger partial charge in [-0.1, -0.05) is 11.6 Å². The molecule has 18 heavy (non-hydrogen) atoms. The Morgan fingerprint density at radius 3 is 2.94 bits per heavy atom. The van der Waals surface area contributed by atoms with Crippen LogP contribution in [-0.2, 0) is 0 Å². The number of aromatic nitrogens is 1. The van der Waals surface area contributed by atoms with Gasteiger partial charge in [0, 0.05) is 23.1 Å². The lowest BCUT2D eigenvalue weighted by atomic mass is 9.97. The molecule has 0 saturated heterocycles. The lowest BCUT2D eigenvalue weighted by molar-refractivity contribution is 0.0655. The third-order valence-corrected chi connectivity index (χ3v) is 4.20. The van der Waals surface area contributed by atoms with Gasteiger partial charge in [0.25, 0.3) is 0 Å². The Kier molecular flexibility index (Phi) is 2.84. The average Bonchev–Trinajstić information content (AvgIpc) is 2.77. The summed E-state index contributed by atoms with van der Waals surface area (Å²) >= 11 is 1.59. The highest BCUT2D eigenvalue weighted by atomic mass is 32.1. The predicted molar refractivity (Wildman–Crippen MR) is 71.0 cm³/mol. The number of rotatable bonds is 1. The molecule has 2 heterocycles. The number of ether oxygens (including phenoxy) is 1. The van der Waals surface area contributed by atoms with Crippen LogP contribution in [0.1, 0.15) is 40.5 Å². The molecule has 1 aromatic heterocycles. The van der Waals surface area contributed by atoms with E-state index in [1.165, 1.54) is 0 Å². The molecule has 94 valence electrons. The van der Waals surface area contributed by atoms with E-state index in [4.69, 9.17) is 4.74 Å². The summed E-state index contributed by atoms with van der Waals surface area (Å²) in [5.41, 5.74) is 3.03. The minimum absolute atomic E-state index is 0.131. The molecule has 2 atom stereocenters. The predicted octanol–water partition coefficient (Wildman–Crippen LogP) is 3.32. The molecule has 0 amide bonds. The molecule has 3 nitrogen and oxygen atoms in total. The summed E-state index contributed by atoms with van der Waals surface area (Å²) in [6.07, 6.45) is -0.0274. The normalized spacial score (nSPS) is 22.4. The first-order chi connectivity index (χ1) is 8.63. The van der Waals surface area contributed by atoms with Crippen molar-refractivity contribution < 1.29 is 9.84 Å². The average molecular weight is 261 g/mol. The highest BCUT2D eigenvalue weighted by Gasteiger charge is 2.29. The van der Waals surface area contributed by atoms with Gasteiger partial charge in [0.15, 0.2) is 6.10 Å². The van der Waals surface area contributed by atoms with E-state index in [0.29, 0.717) is 6.42 Å². The number of benzene rings is 1. The van der Waals surface area contributed by atoms with Gasteiger partial charge in [-0.2, -0.15) is 0 Å². The van der Waals surface area contributed by atoms with Crippen LogP contribution in [0.3, 0.4) is 0 Å². The number of aliphatic hydroxyl groups excluding tert-OH is 1. The molecule has 1 N–H and O–H groups in total. The second kappa shape index (κ2) is 4.37. The third kappa shape index (κ3) is 2.02. The molecular formula is C14H15NO2S. The van der Waals surface area contributed by atoms with Gasteiger partial charge in [0.1, 0.15) is 10.8 Å². The third-order valence-electron chi connectivity index (χ3n) is 3.14. The fraction of sp³-hybridized carbons (Fsp3) is 0.357. The second-order valence-electron chi connectivity index (χ2n) is 4.73. The molecule has 3 rings (SSSR count). The highest BCUT2D eigenvalue weighted by molar-refractivity contribution is 7.09. The zero-order valence-electron chi connectivity index (χ0n) is 10.4. The lowest BCUT2D eigenvalue weighted by Crippen LogP contribution is -2.19. The summed E-state index contributed by atoms with van der Waals surface area (Å²) < 4.78 is 5.94. The summed E-state index contributed by atoms with van der Waals surface area (Å²) in [7, 11) is 0. The van der Waals surface area contributed by atoms with E-state index >= 15 is 0 Å². The van der Waals surface area contributed by atoms with Crippen LogP contribution >= 0.6 is 11.3 Å². The van der Waals surface area contributed by atoms with Crippen molar-refractivity contribution in [1.29, 1.82) is 0 Å². The van der Waals surface area contributed by atoms with Crippen molar-refractivity contribution in [3.8, 4) is 5.75 Å². The summed E-state index contributed by atoms with van der Waals surface area (Å²) in [5, 5.41) is 13.2. The number of thiazole rings is 1. The number of hydrogen-bond donors (Lipinski definition) is 1. The van der Waals surface area contributed by atoms with Crippen molar-refractivity contribution in [2.75, 3.05) is 0 Å². The van der Waals surface area contributed by atoms with Crippen LogP contribution in [0.15, 0.2) is 23.6 Å². The topological polar surface area (TPSA) is 42.4 Å². The zero-order valence-corrected chi connectivity index (χ0v) is 11.2. The van der Waals surface area contributed by atoms with Crippen molar-refractivity contribution in [1.82, 2.24) is 4.98 Å². The Hall–Kier alpha value is -1.39. The molecule has 0 aliphatic carbocycles. The smallest absolute Gasteiger partial charge is 0.153 e. The number of aliphatic hydroxyl groups is 1. The van der Waals surface area contributed by atoms with Crippen LogP contribution in [0.25, 0.3) is 0 Å². The fourth-order valence-electron chi connectivity index (χ4n) is 2.24. The SMILES string of the molecule is Cc1ccc2c(c1)[C@@H](O)CC(c1nc(C)cs1)O2. The monoisotopic (exact) mass is 261 g/mol. The fourth-order valence-corrected chi connectivity index (χ4v) is 3.07. The van der Waals surface area contributed by atoms with E-state index in [9.17, 15) is 5.11 Å². The van der Waals surface area contributed by atoms with Gasteiger partial charge in [-0.3, -0.25) is 0 Å². The summed E-state index contributed by atoms with van der Waals surface area (Å²) in [4.78, 5) is 4.44. The molecule has 0 fully saturated rings. The highest BCUT2D eigenvalue weighted by Crippen LogP contribution is 2.41. The molecule has 0 bridgehead atoms. The number of fused-ring (bicyclic) bond motifs is 1. The van der Waals surface area contributed by atoms with Crippen molar-refractivity contribution in [2.45, 2.75) is 32.5 Å². The van der Waals surface area contributed by atoms with E-state index in [1.807, 2.05) is 37.4 Å². The lowest BCUT2D eigenvalue weighted by Gasteiger charge is -2.28. The molecule has 0 radical (unpaired) electrons. The van der Waals surface area contributed by atoms with Crippen LogP contribution in [0, 0.1) is 13.8 Å². The van der Waals surface area contributed by atoms with Gasteiger partial charge in [-0.25, -0.2) is 4.98 Å². The Balaban J connectivity index is 1.94. The van der Waals surface area contributed by atoms with E-state index in [2.05, 4.69) is 4.98 Å². The molecule has 1 aromatic carbocycles. The van der Waals surface area contributed by atoms with Gasteiger partial charge in [0.2, 0.25) is 0 Å². The van der Waals surface area contributed by atoms with E-state index in [1.54, 1.807) is 11.3 Å². The molecule has 1 unspecified atom stereocenters. The maximum Gasteiger partial charge on any atom is 0.153 e. The number of aryl methyl sites for hydroxylation is 2. The quantitative estimate of drug-likeness (QED) is 0.856. The van der Waals surface area contributed by atoms with Gasteiger partial charge in [0.05, 0.1) is 6.10 Å². The Labute approximate surface area is 110 Å². The first-order valence-electron chi connectivity index (χ1n) is 6.01. The van der Waals surface area contributed by atoms with Gasteiger partial charge < -0.3 is 9.84 Å². The molecular weight excluding hydrogens is 246 g/mol. The van der Waals surface area contributed by atoms with E-state index in [0.717, 1.165) is 27.6 Å². The maximum atomic E-state index is 10.2. The molecule has 1 aliphatic heterocycles. The number of hydrogen-bond acceptors (Lipinski definition) is 4. The number of nitrogens with zero attached hydrogens (tertiary/aromatic N) is 1. The Morgan fingerprint density at radius 2 is 2.22 bits per heavy atom. The first kappa shape index (κ1) is 11.7. The van der Waals surface area contributed by atoms with Crippen molar-refractivity contribution in [2.24, 2.45) is 0 Å². The summed E-state index contributed by atoms with van der Waals surface area (Å²) in [6.45, 7) is 3.99. The van der Waals surface area contributed by atoms with Gasteiger partial charge in [-0.05, 0) is 26.0 Å². The molecule has 0 spiro atoms. The van der Waals surface area contributed by atoms with Crippen molar-refractivity contribution >= 4 is 11.3 Å². The van der Waals surface area contributed by atoms with Gasteiger partial charge in [-0.15, -0.1) is 11.3 Å². The van der Waals surface area contributed by atoms with Crippen LogP contribution < -0.4 is 4.74 Å². The van der Waals surface area contributed by atoms with Crippen molar-refractivity contribution in [3.05, 3.63) is 45.4 Å². The van der Waals surface area contributed by atoms with Crippen LogP contribution in [0.5, 0.6) is 5.75 Å². The minimum atomic E-state index is -0.470. The van der Waals surface area contributed by atoms with Crippen LogP contribution in [0.2, 0.25) is 0 Å².